The summed E-state index contributed by atoms with van der Waals surface area (Å²) in [4.78, 5) is 15.5. The van der Waals surface area contributed by atoms with Crippen LogP contribution in [0.2, 0.25) is 0 Å². The lowest BCUT2D eigenvalue weighted by molar-refractivity contribution is -0.123. The Labute approximate surface area is 121 Å². The number of ether oxygens (including phenoxy) is 1. The van der Waals surface area contributed by atoms with Crippen LogP contribution in [-0.4, -0.2) is 23.2 Å². The molecule has 0 fully saturated rings. The Morgan fingerprint density at radius 3 is 2.86 bits per heavy atom. The van der Waals surface area contributed by atoms with Gasteiger partial charge in [0.05, 0.1) is 5.71 Å². The predicted octanol–water partition coefficient (Wildman–Crippen LogP) is 2.14. The quantitative estimate of drug-likeness (QED) is 0.677. The zero-order chi connectivity index (χ0) is 15.1. The number of amides is 1. The van der Waals surface area contributed by atoms with Crippen molar-refractivity contribution in [3.05, 3.63) is 60.2 Å². The normalized spacial score (nSPS) is 11.0. The molecule has 0 atom stereocenters. The number of hydrazone groups is 1. The molecule has 1 aromatic heterocycles. The van der Waals surface area contributed by atoms with E-state index < -0.39 is 11.7 Å². The van der Waals surface area contributed by atoms with Crippen molar-refractivity contribution in [2.75, 3.05) is 6.61 Å². The first-order valence-electron chi connectivity index (χ1n) is 6.27. The minimum absolute atomic E-state index is 0.0283. The highest BCUT2D eigenvalue weighted by atomic mass is 19.1. The van der Waals surface area contributed by atoms with Gasteiger partial charge in [0.1, 0.15) is 0 Å². The molecule has 1 N–H and O–H groups in total. The minimum Gasteiger partial charge on any atom is -0.481 e. The molecule has 2 rings (SSSR count). The summed E-state index contributed by atoms with van der Waals surface area (Å²) in [6.45, 7) is 1.43. The lowest BCUT2D eigenvalue weighted by atomic mass is 10.2. The molecule has 2 aromatic rings. The van der Waals surface area contributed by atoms with Gasteiger partial charge in [-0.3, -0.25) is 9.78 Å². The zero-order valence-corrected chi connectivity index (χ0v) is 11.4. The average molecular weight is 287 g/mol. The maximum absolute atomic E-state index is 13.3. The third-order valence-corrected chi connectivity index (χ3v) is 2.62. The van der Waals surface area contributed by atoms with Crippen LogP contribution in [-0.2, 0) is 4.79 Å². The summed E-state index contributed by atoms with van der Waals surface area (Å²) >= 11 is 0. The first-order valence-corrected chi connectivity index (χ1v) is 6.27. The molecule has 0 saturated heterocycles. The number of carbonyl (C=O) groups is 1. The Morgan fingerprint density at radius 2 is 2.14 bits per heavy atom. The average Bonchev–Trinajstić information content (AvgIpc) is 2.52. The van der Waals surface area contributed by atoms with Gasteiger partial charge in [-0.15, -0.1) is 0 Å². The van der Waals surface area contributed by atoms with Crippen LogP contribution in [0.15, 0.2) is 53.9 Å². The highest BCUT2D eigenvalue weighted by Crippen LogP contribution is 2.14. The number of nitrogens with one attached hydrogen (secondary N) is 1. The van der Waals surface area contributed by atoms with Gasteiger partial charge >= 0.3 is 0 Å². The van der Waals surface area contributed by atoms with Gasteiger partial charge in [0.2, 0.25) is 0 Å². The highest BCUT2D eigenvalue weighted by molar-refractivity contribution is 5.98. The molecule has 0 radical (unpaired) electrons. The van der Waals surface area contributed by atoms with Crippen LogP contribution < -0.4 is 10.2 Å². The molecule has 0 saturated carbocycles. The van der Waals surface area contributed by atoms with Crippen LogP contribution in [0.3, 0.4) is 0 Å². The summed E-state index contributed by atoms with van der Waals surface area (Å²) in [7, 11) is 0. The van der Waals surface area contributed by atoms with Gasteiger partial charge in [-0.05, 0) is 25.1 Å². The van der Waals surface area contributed by atoms with Crippen molar-refractivity contribution in [1.82, 2.24) is 10.4 Å². The van der Waals surface area contributed by atoms with E-state index in [4.69, 9.17) is 4.74 Å². The molecule has 0 unspecified atom stereocenters. The zero-order valence-electron chi connectivity index (χ0n) is 11.4. The molecule has 0 aliphatic rings. The molecule has 5 nitrogen and oxygen atoms in total. The molecule has 1 heterocycles. The molecule has 0 aliphatic carbocycles. The second kappa shape index (κ2) is 7.14. The van der Waals surface area contributed by atoms with Crippen molar-refractivity contribution >= 4 is 11.6 Å². The fourth-order valence-electron chi connectivity index (χ4n) is 1.52. The lowest BCUT2D eigenvalue weighted by Gasteiger charge is -2.06. The second-order valence-electron chi connectivity index (χ2n) is 4.19. The number of carbonyl (C=O) groups excluding carboxylic acids is 1. The fourth-order valence-corrected chi connectivity index (χ4v) is 1.52. The predicted molar refractivity (Wildman–Crippen MR) is 76.5 cm³/mol. The van der Waals surface area contributed by atoms with Crippen molar-refractivity contribution in [3.63, 3.8) is 0 Å². The number of benzene rings is 1. The number of hydrogen-bond acceptors (Lipinski definition) is 4. The summed E-state index contributed by atoms with van der Waals surface area (Å²) in [6, 6.07) is 9.49. The van der Waals surface area contributed by atoms with E-state index in [9.17, 15) is 9.18 Å². The van der Waals surface area contributed by atoms with Crippen LogP contribution in [0.5, 0.6) is 5.75 Å². The molecule has 21 heavy (non-hydrogen) atoms. The lowest BCUT2D eigenvalue weighted by Crippen LogP contribution is -2.25. The van der Waals surface area contributed by atoms with Gasteiger partial charge in [0.25, 0.3) is 5.91 Å². The first kappa shape index (κ1) is 14.6. The Bertz CT molecular complexity index is 644. The van der Waals surface area contributed by atoms with Crippen LogP contribution in [0.25, 0.3) is 0 Å². The molecule has 0 aliphatic heterocycles. The maximum Gasteiger partial charge on any atom is 0.277 e. The van der Waals surface area contributed by atoms with Crippen molar-refractivity contribution in [1.29, 1.82) is 0 Å². The van der Waals surface area contributed by atoms with Gasteiger partial charge in [0, 0.05) is 18.0 Å². The van der Waals surface area contributed by atoms with Crippen molar-refractivity contribution in [2.24, 2.45) is 5.10 Å². The minimum atomic E-state index is -0.514. The van der Waals surface area contributed by atoms with E-state index in [0.717, 1.165) is 5.56 Å². The number of hydrogen-bond donors (Lipinski definition) is 1. The Kier molecular flexibility index (Phi) is 4.98. The van der Waals surface area contributed by atoms with E-state index in [1.807, 2.05) is 6.07 Å². The number of aromatic nitrogens is 1. The van der Waals surface area contributed by atoms with Gasteiger partial charge < -0.3 is 4.74 Å². The van der Waals surface area contributed by atoms with Gasteiger partial charge in [-0.2, -0.15) is 5.10 Å². The largest absolute Gasteiger partial charge is 0.481 e. The Balaban J connectivity index is 1.87. The maximum atomic E-state index is 13.3. The van der Waals surface area contributed by atoms with Crippen molar-refractivity contribution in [2.45, 2.75) is 6.92 Å². The van der Waals surface area contributed by atoms with E-state index in [2.05, 4.69) is 15.5 Å². The molecule has 0 spiro atoms. The third kappa shape index (κ3) is 4.38. The number of halogens is 1. The van der Waals surface area contributed by atoms with E-state index >= 15 is 0 Å². The van der Waals surface area contributed by atoms with E-state index in [-0.39, 0.29) is 12.4 Å². The SMILES string of the molecule is C/C(=N\NC(=O)COc1ccccc1F)c1cccnc1. The standard InChI is InChI=1S/C15H14FN3O2/c1-11(12-5-4-8-17-9-12)18-19-15(20)10-21-14-7-3-2-6-13(14)16/h2-9H,10H2,1H3,(H,19,20)/b18-11+. The Hall–Kier alpha value is -2.76. The van der Waals surface area contributed by atoms with E-state index in [0.29, 0.717) is 5.71 Å². The van der Waals surface area contributed by atoms with Gasteiger partial charge in [-0.1, -0.05) is 18.2 Å². The second-order valence-corrected chi connectivity index (χ2v) is 4.19. The molecular formula is C15H14FN3O2. The van der Waals surface area contributed by atoms with Gasteiger partial charge in [-0.25, -0.2) is 9.82 Å². The van der Waals surface area contributed by atoms with Crippen molar-refractivity contribution in [3.8, 4) is 5.75 Å². The summed E-state index contributed by atoms with van der Waals surface area (Å²) in [5.74, 6) is -0.956. The summed E-state index contributed by atoms with van der Waals surface area (Å²) < 4.78 is 18.4. The number of nitrogens with zero attached hydrogens (tertiary/aromatic N) is 2. The molecule has 6 heteroatoms. The molecule has 0 bridgehead atoms. The smallest absolute Gasteiger partial charge is 0.277 e. The summed E-state index contributed by atoms with van der Waals surface area (Å²) in [5.41, 5.74) is 3.76. The summed E-state index contributed by atoms with van der Waals surface area (Å²) in [6.07, 6.45) is 3.29. The van der Waals surface area contributed by atoms with Crippen LogP contribution in [0.4, 0.5) is 4.39 Å². The van der Waals surface area contributed by atoms with Crippen LogP contribution >= 0.6 is 0 Å². The summed E-state index contributed by atoms with van der Waals surface area (Å²) in [5, 5.41) is 3.93. The van der Waals surface area contributed by atoms with Crippen LogP contribution in [0.1, 0.15) is 12.5 Å². The van der Waals surface area contributed by atoms with E-state index in [1.165, 1.54) is 12.1 Å². The number of pyridine rings is 1. The van der Waals surface area contributed by atoms with E-state index in [1.54, 1.807) is 37.5 Å². The van der Waals surface area contributed by atoms with Gasteiger partial charge in [0.15, 0.2) is 18.2 Å². The van der Waals surface area contributed by atoms with Crippen molar-refractivity contribution < 1.29 is 13.9 Å². The molecule has 1 aromatic carbocycles. The first-order chi connectivity index (χ1) is 10.2. The molecule has 108 valence electrons. The fraction of sp³-hybridized carbons (Fsp3) is 0.133. The van der Waals surface area contributed by atoms with Crippen LogP contribution in [0, 0.1) is 5.82 Å². The Morgan fingerprint density at radius 1 is 1.33 bits per heavy atom. The molecule has 1 amide bonds. The topological polar surface area (TPSA) is 63.6 Å². The number of rotatable bonds is 5. The monoisotopic (exact) mass is 287 g/mol. The molecular weight excluding hydrogens is 273 g/mol. The highest BCUT2D eigenvalue weighted by Gasteiger charge is 2.06. The third-order valence-electron chi connectivity index (χ3n) is 2.62. The number of para-hydroxylation sites is 1.